The summed E-state index contributed by atoms with van der Waals surface area (Å²) in [5.74, 6) is -1.95. The third-order valence-corrected chi connectivity index (χ3v) is 5.16. The topological polar surface area (TPSA) is 92.4 Å². The van der Waals surface area contributed by atoms with Gasteiger partial charge in [0.05, 0.1) is 18.6 Å². The Hall–Kier alpha value is -3.51. The van der Waals surface area contributed by atoms with E-state index in [0.29, 0.717) is 18.4 Å². The molecular weight excluding hydrogens is 395 g/mol. The maximum atomic E-state index is 13.3. The number of aliphatic hydroxyl groups is 1. The molecule has 5 nitrogen and oxygen atoms in total. The van der Waals surface area contributed by atoms with Gasteiger partial charge < -0.3 is 16.2 Å². The lowest BCUT2D eigenvalue weighted by molar-refractivity contribution is -0.123. The van der Waals surface area contributed by atoms with E-state index in [0.717, 1.165) is 11.1 Å². The van der Waals surface area contributed by atoms with Crippen LogP contribution in [0, 0.1) is 5.82 Å². The number of hydrogen-bond acceptors (Lipinski definition) is 3. The minimum Gasteiger partial charge on any atom is -0.394 e. The number of carbonyl (C=O) groups excluding carboxylic acids is 2. The highest BCUT2D eigenvalue weighted by Gasteiger charge is 2.27. The Balaban J connectivity index is 1.86. The number of rotatable bonds is 9. The molecule has 0 fully saturated rings. The fourth-order valence-electron chi connectivity index (χ4n) is 3.59. The van der Waals surface area contributed by atoms with Crippen LogP contribution in [-0.4, -0.2) is 29.6 Å². The summed E-state index contributed by atoms with van der Waals surface area (Å²) in [6.07, 6.45) is 0.712. The molecule has 2 amide bonds. The lowest BCUT2D eigenvalue weighted by atomic mass is 9.87. The van der Waals surface area contributed by atoms with Gasteiger partial charge in [-0.25, -0.2) is 4.39 Å². The first kappa shape index (κ1) is 22.2. The van der Waals surface area contributed by atoms with Gasteiger partial charge in [-0.2, -0.15) is 0 Å². The van der Waals surface area contributed by atoms with E-state index >= 15 is 0 Å². The van der Waals surface area contributed by atoms with Crippen LogP contribution in [0.4, 0.5) is 4.39 Å². The average Bonchev–Trinajstić information content (AvgIpc) is 2.79. The highest BCUT2D eigenvalue weighted by atomic mass is 19.1. The standard InChI is InChI=1S/C25H25FN2O3/c26-19-12-10-18(11-13-19)14-20(16-29)28-25(31)23(15-17-6-2-1-3-7-17)21-8-4-5-9-22(21)24(27)30/h1-13,20,23,29H,14-16H2,(H2,27,30)(H,28,31)/t20-,23-/m0/s1. The van der Waals surface area contributed by atoms with E-state index in [1.807, 2.05) is 30.3 Å². The molecule has 0 aromatic heterocycles. The zero-order chi connectivity index (χ0) is 22.2. The van der Waals surface area contributed by atoms with E-state index in [4.69, 9.17) is 5.73 Å². The number of amides is 2. The molecule has 2 atom stereocenters. The van der Waals surface area contributed by atoms with Gasteiger partial charge in [0, 0.05) is 5.56 Å². The van der Waals surface area contributed by atoms with E-state index in [-0.39, 0.29) is 23.9 Å². The molecule has 0 spiro atoms. The molecule has 4 N–H and O–H groups in total. The fourth-order valence-corrected chi connectivity index (χ4v) is 3.59. The first-order valence-electron chi connectivity index (χ1n) is 10.1. The van der Waals surface area contributed by atoms with E-state index in [1.54, 1.807) is 36.4 Å². The minimum atomic E-state index is -0.673. The Kier molecular flexibility index (Phi) is 7.51. The van der Waals surface area contributed by atoms with Crippen molar-refractivity contribution in [1.29, 1.82) is 0 Å². The van der Waals surface area contributed by atoms with Gasteiger partial charge in [0.15, 0.2) is 0 Å². The molecule has 0 saturated carbocycles. The van der Waals surface area contributed by atoms with Gasteiger partial charge in [0.25, 0.3) is 0 Å². The molecule has 0 bridgehead atoms. The molecule has 3 aromatic rings. The predicted molar refractivity (Wildman–Crippen MR) is 117 cm³/mol. The van der Waals surface area contributed by atoms with Crippen molar-refractivity contribution in [2.45, 2.75) is 24.8 Å². The molecule has 3 rings (SSSR count). The SMILES string of the molecule is NC(=O)c1ccccc1[C@H](Cc1ccccc1)C(=O)N[C@H](CO)Cc1ccc(F)cc1. The lowest BCUT2D eigenvalue weighted by Gasteiger charge is -2.23. The highest BCUT2D eigenvalue weighted by Crippen LogP contribution is 2.25. The first-order chi connectivity index (χ1) is 15.0. The molecule has 0 radical (unpaired) electrons. The first-order valence-corrected chi connectivity index (χ1v) is 10.1. The van der Waals surface area contributed by atoms with Gasteiger partial charge in [0.1, 0.15) is 5.82 Å². The van der Waals surface area contributed by atoms with Crippen molar-refractivity contribution < 1.29 is 19.1 Å². The van der Waals surface area contributed by atoms with Crippen LogP contribution in [-0.2, 0) is 17.6 Å². The number of primary amides is 1. The monoisotopic (exact) mass is 420 g/mol. The van der Waals surface area contributed by atoms with Crippen LogP contribution in [0.5, 0.6) is 0 Å². The summed E-state index contributed by atoms with van der Waals surface area (Å²) in [4.78, 5) is 25.3. The maximum Gasteiger partial charge on any atom is 0.249 e. The van der Waals surface area contributed by atoms with Crippen molar-refractivity contribution in [3.63, 3.8) is 0 Å². The van der Waals surface area contributed by atoms with Gasteiger partial charge in [0.2, 0.25) is 11.8 Å². The molecule has 0 saturated heterocycles. The molecule has 0 heterocycles. The van der Waals surface area contributed by atoms with Crippen LogP contribution >= 0.6 is 0 Å². The average molecular weight is 420 g/mol. The Labute approximate surface area is 180 Å². The Morgan fingerprint density at radius 1 is 0.871 bits per heavy atom. The predicted octanol–water partition coefficient (Wildman–Crippen LogP) is 2.97. The van der Waals surface area contributed by atoms with Gasteiger partial charge in [-0.05, 0) is 47.7 Å². The largest absolute Gasteiger partial charge is 0.394 e. The van der Waals surface area contributed by atoms with Gasteiger partial charge in [-0.1, -0.05) is 60.7 Å². The fraction of sp³-hybridized carbons (Fsp3) is 0.200. The van der Waals surface area contributed by atoms with Gasteiger partial charge in [-0.15, -0.1) is 0 Å². The van der Waals surface area contributed by atoms with Gasteiger partial charge in [-0.3, -0.25) is 9.59 Å². The molecule has 0 aliphatic heterocycles. The van der Waals surface area contributed by atoms with Crippen molar-refractivity contribution in [3.05, 3.63) is 107 Å². The molecule has 6 heteroatoms. The van der Waals surface area contributed by atoms with Crippen LogP contribution in [0.25, 0.3) is 0 Å². The van der Waals surface area contributed by atoms with Crippen molar-refractivity contribution in [1.82, 2.24) is 5.32 Å². The zero-order valence-electron chi connectivity index (χ0n) is 17.0. The summed E-state index contributed by atoms with van der Waals surface area (Å²) < 4.78 is 13.2. The van der Waals surface area contributed by atoms with Crippen LogP contribution < -0.4 is 11.1 Å². The summed E-state index contributed by atoms with van der Waals surface area (Å²) >= 11 is 0. The maximum absolute atomic E-state index is 13.3. The Bertz CT molecular complexity index is 1020. The van der Waals surface area contributed by atoms with E-state index in [2.05, 4.69) is 5.32 Å². The summed E-state index contributed by atoms with van der Waals surface area (Å²) in [6.45, 7) is -0.279. The molecule has 0 aliphatic carbocycles. The number of benzene rings is 3. The second-order valence-corrected chi connectivity index (χ2v) is 7.41. The quantitative estimate of drug-likeness (QED) is 0.497. The van der Waals surface area contributed by atoms with Crippen LogP contribution in [0.2, 0.25) is 0 Å². The minimum absolute atomic E-state index is 0.279. The van der Waals surface area contributed by atoms with Crippen LogP contribution in [0.3, 0.4) is 0 Å². The van der Waals surface area contributed by atoms with Crippen molar-refractivity contribution in [2.24, 2.45) is 5.73 Å². The third-order valence-electron chi connectivity index (χ3n) is 5.16. The van der Waals surface area contributed by atoms with E-state index in [1.165, 1.54) is 12.1 Å². The zero-order valence-corrected chi connectivity index (χ0v) is 17.0. The molecule has 160 valence electrons. The van der Waals surface area contributed by atoms with Crippen LogP contribution in [0.15, 0.2) is 78.9 Å². The van der Waals surface area contributed by atoms with Crippen molar-refractivity contribution in [2.75, 3.05) is 6.61 Å². The number of nitrogens with one attached hydrogen (secondary N) is 1. The number of carbonyl (C=O) groups is 2. The van der Waals surface area contributed by atoms with Crippen LogP contribution in [0.1, 0.15) is 33.0 Å². The lowest BCUT2D eigenvalue weighted by Crippen LogP contribution is -2.42. The molecule has 3 aromatic carbocycles. The van der Waals surface area contributed by atoms with Crippen molar-refractivity contribution in [3.8, 4) is 0 Å². The molecule has 0 aliphatic rings. The summed E-state index contributed by atoms with van der Waals surface area (Å²) in [5.41, 5.74) is 8.09. The van der Waals surface area contributed by atoms with E-state index in [9.17, 15) is 19.1 Å². The number of halogens is 1. The highest BCUT2D eigenvalue weighted by molar-refractivity contribution is 5.97. The second kappa shape index (κ2) is 10.5. The number of aliphatic hydroxyl groups excluding tert-OH is 1. The number of hydrogen-bond donors (Lipinski definition) is 3. The molecule has 0 unspecified atom stereocenters. The van der Waals surface area contributed by atoms with Gasteiger partial charge >= 0.3 is 0 Å². The third kappa shape index (κ3) is 5.99. The second-order valence-electron chi connectivity index (χ2n) is 7.41. The van der Waals surface area contributed by atoms with E-state index < -0.39 is 17.9 Å². The number of nitrogens with two attached hydrogens (primary N) is 1. The summed E-state index contributed by atoms with van der Waals surface area (Å²) in [5, 5.41) is 12.7. The Morgan fingerprint density at radius 2 is 1.48 bits per heavy atom. The normalized spacial score (nSPS) is 12.7. The molecule has 31 heavy (non-hydrogen) atoms. The Morgan fingerprint density at radius 3 is 2.13 bits per heavy atom. The smallest absolute Gasteiger partial charge is 0.249 e. The van der Waals surface area contributed by atoms with Crippen molar-refractivity contribution >= 4 is 11.8 Å². The summed E-state index contributed by atoms with van der Waals surface area (Å²) in [6, 6.07) is 21.6. The molecular formula is C25H25FN2O3. The summed E-state index contributed by atoms with van der Waals surface area (Å²) in [7, 11) is 0.